The summed E-state index contributed by atoms with van der Waals surface area (Å²) in [6, 6.07) is 28.5. The maximum Gasteiger partial charge on any atom is 0.308 e. The van der Waals surface area contributed by atoms with E-state index in [0.717, 1.165) is 42.4 Å². The van der Waals surface area contributed by atoms with Gasteiger partial charge in [0.2, 0.25) is 9.84 Å². The molecule has 4 aromatic rings. The first kappa shape index (κ1) is 27.1. The Morgan fingerprint density at radius 1 is 0.684 bits per heavy atom. The Morgan fingerprint density at radius 2 is 1.21 bits per heavy atom. The summed E-state index contributed by atoms with van der Waals surface area (Å²) in [4.78, 5) is 12.0. The zero-order valence-electron chi connectivity index (χ0n) is 21.7. The van der Waals surface area contributed by atoms with E-state index >= 15 is 0 Å². The summed E-state index contributed by atoms with van der Waals surface area (Å²) in [5.41, 5.74) is 2.88. The second-order valence-electron chi connectivity index (χ2n) is 9.05. The summed E-state index contributed by atoms with van der Waals surface area (Å²) < 4.78 is 39.1. The van der Waals surface area contributed by atoms with Crippen LogP contribution in [-0.4, -0.2) is 21.0 Å². The summed E-state index contributed by atoms with van der Waals surface area (Å²) in [5.74, 6) is 0.483. The van der Waals surface area contributed by atoms with E-state index in [1.165, 1.54) is 19.1 Å². The zero-order valence-corrected chi connectivity index (χ0v) is 22.5. The van der Waals surface area contributed by atoms with Crippen molar-refractivity contribution >= 4 is 15.8 Å². The van der Waals surface area contributed by atoms with Crippen molar-refractivity contribution in [3.05, 3.63) is 97.1 Å². The molecule has 0 heterocycles. The van der Waals surface area contributed by atoms with Gasteiger partial charge in [0.25, 0.3) is 0 Å². The van der Waals surface area contributed by atoms with Crippen LogP contribution in [0.1, 0.15) is 39.5 Å². The Morgan fingerprint density at radius 3 is 1.74 bits per heavy atom. The molecule has 196 valence electrons. The van der Waals surface area contributed by atoms with Crippen LogP contribution in [0.4, 0.5) is 0 Å². The van der Waals surface area contributed by atoms with Crippen LogP contribution in [0.15, 0.2) is 107 Å². The molecule has 6 heteroatoms. The van der Waals surface area contributed by atoms with E-state index in [1.54, 1.807) is 24.3 Å². The molecule has 0 aliphatic rings. The number of carbonyl (C=O) groups is 1. The molecule has 38 heavy (non-hydrogen) atoms. The van der Waals surface area contributed by atoms with Crippen LogP contribution in [0.3, 0.4) is 0 Å². The molecule has 0 unspecified atom stereocenters. The minimum absolute atomic E-state index is 0.111. The summed E-state index contributed by atoms with van der Waals surface area (Å²) in [6.45, 7) is 4.06. The number of ether oxygens (including phenoxy) is 2. The molecule has 0 spiro atoms. The summed E-state index contributed by atoms with van der Waals surface area (Å²) >= 11 is 0. The largest absolute Gasteiger partial charge is 0.493 e. The highest BCUT2D eigenvalue weighted by molar-refractivity contribution is 7.91. The standard InChI is InChI=1S/C32H32O5S/c1-3-4-5-12-21-36-31-19-17-27(22-29(31)25-13-8-6-9-14-25)38(34,35)28-18-20-32(37-24(2)33)30(23-28)26-15-10-7-11-16-26/h6-11,13-20,22-23H,3-5,12,21H2,1-2H3. The normalized spacial score (nSPS) is 11.2. The summed E-state index contributed by atoms with van der Waals surface area (Å²) in [5, 5.41) is 0. The molecule has 0 saturated heterocycles. The third kappa shape index (κ3) is 6.50. The molecule has 0 amide bonds. The molecule has 0 aromatic heterocycles. The predicted octanol–water partition coefficient (Wildman–Crippen LogP) is 7.74. The molecule has 0 saturated carbocycles. The van der Waals surface area contributed by atoms with Crippen LogP contribution in [0.2, 0.25) is 0 Å². The number of hydrogen-bond acceptors (Lipinski definition) is 5. The van der Waals surface area contributed by atoms with Gasteiger partial charge in [-0.1, -0.05) is 86.8 Å². The van der Waals surface area contributed by atoms with Crippen molar-refractivity contribution in [2.45, 2.75) is 49.3 Å². The Hall–Kier alpha value is -3.90. The molecule has 0 radical (unpaired) electrons. The Labute approximate surface area is 225 Å². The second-order valence-corrected chi connectivity index (χ2v) is 11.0. The molecule has 0 bridgehead atoms. The van der Waals surface area contributed by atoms with Gasteiger partial charge in [0.15, 0.2) is 0 Å². The Bertz CT molecular complexity index is 1480. The Kier molecular flexibility index (Phi) is 8.98. The second kappa shape index (κ2) is 12.6. The molecule has 4 rings (SSSR count). The quantitative estimate of drug-likeness (QED) is 0.113. The van der Waals surface area contributed by atoms with Gasteiger partial charge in [0.05, 0.1) is 16.4 Å². The smallest absolute Gasteiger partial charge is 0.308 e. The van der Waals surface area contributed by atoms with E-state index < -0.39 is 15.8 Å². The molecule has 0 aliphatic carbocycles. The zero-order chi connectivity index (χ0) is 27.0. The van der Waals surface area contributed by atoms with Gasteiger partial charge < -0.3 is 9.47 Å². The van der Waals surface area contributed by atoms with Crippen LogP contribution in [0.5, 0.6) is 11.5 Å². The van der Waals surface area contributed by atoms with E-state index in [2.05, 4.69) is 6.92 Å². The average molecular weight is 529 g/mol. The van der Waals surface area contributed by atoms with E-state index in [9.17, 15) is 13.2 Å². The fraction of sp³-hybridized carbons (Fsp3) is 0.219. The number of unbranched alkanes of at least 4 members (excludes halogenated alkanes) is 3. The summed E-state index contributed by atoms with van der Waals surface area (Å²) in [7, 11) is -3.89. The molecule has 5 nitrogen and oxygen atoms in total. The third-order valence-corrected chi connectivity index (χ3v) is 7.95. The van der Waals surface area contributed by atoms with Crippen LogP contribution in [-0.2, 0) is 14.6 Å². The van der Waals surface area contributed by atoms with Crippen LogP contribution in [0, 0.1) is 0 Å². The number of rotatable bonds is 11. The van der Waals surface area contributed by atoms with Crippen molar-refractivity contribution < 1.29 is 22.7 Å². The third-order valence-electron chi connectivity index (χ3n) is 6.20. The first-order valence-corrected chi connectivity index (χ1v) is 14.3. The molecular formula is C32H32O5S. The van der Waals surface area contributed by atoms with Gasteiger partial charge in [-0.05, 0) is 53.9 Å². The topological polar surface area (TPSA) is 69.7 Å². The predicted molar refractivity (Wildman–Crippen MR) is 150 cm³/mol. The van der Waals surface area contributed by atoms with Crippen LogP contribution in [0.25, 0.3) is 22.3 Å². The lowest BCUT2D eigenvalue weighted by Crippen LogP contribution is -2.06. The monoisotopic (exact) mass is 528 g/mol. The first-order valence-electron chi connectivity index (χ1n) is 12.9. The Balaban J connectivity index is 1.74. The number of sulfone groups is 1. The highest BCUT2D eigenvalue weighted by Crippen LogP contribution is 2.37. The van der Waals surface area contributed by atoms with Crippen LogP contribution >= 0.6 is 0 Å². The highest BCUT2D eigenvalue weighted by Gasteiger charge is 2.22. The average Bonchev–Trinajstić information content (AvgIpc) is 2.93. The minimum Gasteiger partial charge on any atom is -0.493 e. The molecule has 0 N–H and O–H groups in total. The lowest BCUT2D eigenvalue weighted by molar-refractivity contribution is -0.131. The van der Waals surface area contributed by atoms with Gasteiger partial charge in [0, 0.05) is 18.1 Å². The van der Waals surface area contributed by atoms with Crippen molar-refractivity contribution in [3.8, 4) is 33.8 Å². The highest BCUT2D eigenvalue weighted by atomic mass is 32.2. The lowest BCUT2D eigenvalue weighted by atomic mass is 10.0. The lowest BCUT2D eigenvalue weighted by Gasteiger charge is -2.15. The maximum atomic E-state index is 13.8. The molecule has 0 aliphatic heterocycles. The minimum atomic E-state index is -3.89. The SMILES string of the molecule is CCCCCCOc1ccc(S(=O)(=O)c2ccc(OC(C)=O)c(-c3ccccc3)c2)cc1-c1ccccc1. The number of esters is 1. The van der Waals surface area contributed by atoms with E-state index in [4.69, 9.17) is 9.47 Å². The molecule has 0 fully saturated rings. The fourth-order valence-electron chi connectivity index (χ4n) is 4.26. The summed E-state index contributed by atoms with van der Waals surface area (Å²) in [6.07, 6.45) is 4.35. The molecule has 0 atom stereocenters. The van der Waals surface area contributed by atoms with Gasteiger partial charge in [0.1, 0.15) is 11.5 Å². The van der Waals surface area contributed by atoms with Gasteiger partial charge in [-0.15, -0.1) is 0 Å². The van der Waals surface area contributed by atoms with Crippen molar-refractivity contribution in [1.82, 2.24) is 0 Å². The van der Waals surface area contributed by atoms with Gasteiger partial charge >= 0.3 is 5.97 Å². The van der Waals surface area contributed by atoms with E-state index in [-0.39, 0.29) is 9.79 Å². The van der Waals surface area contributed by atoms with Gasteiger partial charge in [-0.25, -0.2) is 8.42 Å². The van der Waals surface area contributed by atoms with E-state index in [0.29, 0.717) is 23.7 Å². The maximum absolute atomic E-state index is 13.8. The van der Waals surface area contributed by atoms with Gasteiger partial charge in [-0.3, -0.25) is 4.79 Å². The number of hydrogen-bond donors (Lipinski definition) is 0. The van der Waals surface area contributed by atoms with Crippen molar-refractivity contribution in [2.24, 2.45) is 0 Å². The number of benzene rings is 4. The first-order chi connectivity index (χ1) is 18.4. The van der Waals surface area contributed by atoms with Crippen LogP contribution < -0.4 is 9.47 Å². The fourth-order valence-corrected chi connectivity index (χ4v) is 5.57. The van der Waals surface area contributed by atoms with Crippen molar-refractivity contribution in [3.63, 3.8) is 0 Å². The molecular weight excluding hydrogens is 496 g/mol. The van der Waals surface area contributed by atoms with Crippen molar-refractivity contribution in [1.29, 1.82) is 0 Å². The van der Waals surface area contributed by atoms with Crippen molar-refractivity contribution in [2.75, 3.05) is 6.61 Å². The molecule has 4 aromatic carbocycles. The van der Waals surface area contributed by atoms with Gasteiger partial charge in [-0.2, -0.15) is 0 Å². The number of carbonyl (C=O) groups excluding carboxylic acids is 1. The van der Waals surface area contributed by atoms with E-state index in [1.807, 2.05) is 60.7 Å².